The number of rotatable bonds is 9. The van der Waals surface area contributed by atoms with E-state index in [1.807, 2.05) is 56.3 Å². The Bertz CT molecular complexity index is 1170. The molecule has 0 saturated heterocycles. The van der Waals surface area contributed by atoms with Gasteiger partial charge in [-0.1, -0.05) is 42.5 Å². The summed E-state index contributed by atoms with van der Waals surface area (Å²) in [6.07, 6.45) is 5.22. The molecular weight excluding hydrogens is 436 g/mol. The fourth-order valence-electron chi connectivity index (χ4n) is 3.11. The van der Waals surface area contributed by atoms with Crippen LogP contribution in [-0.2, 0) is 6.54 Å². The van der Waals surface area contributed by atoms with Crippen molar-refractivity contribution in [1.82, 2.24) is 15.2 Å². The van der Waals surface area contributed by atoms with Crippen molar-refractivity contribution in [1.29, 1.82) is 0 Å². The summed E-state index contributed by atoms with van der Waals surface area (Å²) in [6.45, 7) is 5.98. The molecule has 7 heteroatoms. The molecule has 0 aliphatic carbocycles. The number of allylic oxidation sites excluding steroid dienone is 2. The van der Waals surface area contributed by atoms with Crippen molar-refractivity contribution in [3.63, 3.8) is 0 Å². The zero-order valence-corrected chi connectivity index (χ0v) is 19.7. The molecule has 0 aliphatic heterocycles. The molecule has 170 valence electrons. The molecule has 0 saturated carbocycles. The van der Waals surface area contributed by atoms with Crippen LogP contribution in [0.5, 0.6) is 11.5 Å². The number of amides is 1. The lowest BCUT2D eigenvalue weighted by Crippen LogP contribution is -2.23. The molecular formula is C26H27ClN4O2. The highest BCUT2D eigenvalue weighted by Crippen LogP contribution is 2.28. The number of carbonyl (C=O) groups excluding carboxylic acids is 1. The predicted molar refractivity (Wildman–Crippen MR) is 134 cm³/mol. The Labute approximate surface area is 199 Å². The molecule has 0 bridgehead atoms. The van der Waals surface area contributed by atoms with Gasteiger partial charge < -0.3 is 20.3 Å². The first-order valence-electron chi connectivity index (χ1n) is 10.4. The Morgan fingerprint density at radius 3 is 2.70 bits per heavy atom. The summed E-state index contributed by atoms with van der Waals surface area (Å²) >= 11 is 6.02. The van der Waals surface area contributed by atoms with Crippen LogP contribution in [0.2, 0.25) is 5.02 Å². The van der Waals surface area contributed by atoms with Crippen LogP contribution in [0, 0.1) is 6.92 Å². The standard InChI is InChI=1S/C26H27ClN4O2/c1-5-8-25(31(3)4)30-24-16-21(13-14-28-24)33-23-12-7-11-22(18(23)2)26(32)29-17-19-9-6-10-20(27)15-19/h5-16H,1,17H2,2-4H3,(H,28,30)(H,29,32)/b25-8-. The summed E-state index contributed by atoms with van der Waals surface area (Å²) in [4.78, 5) is 19.1. The fourth-order valence-corrected chi connectivity index (χ4v) is 3.32. The van der Waals surface area contributed by atoms with Crippen LogP contribution < -0.4 is 15.4 Å². The lowest BCUT2D eigenvalue weighted by molar-refractivity contribution is 0.0950. The summed E-state index contributed by atoms with van der Waals surface area (Å²) < 4.78 is 6.09. The van der Waals surface area contributed by atoms with Crippen LogP contribution in [0.1, 0.15) is 21.5 Å². The van der Waals surface area contributed by atoms with E-state index in [0.717, 1.165) is 16.9 Å². The lowest BCUT2D eigenvalue weighted by atomic mass is 10.1. The molecule has 6 nitrogen and oxygen atoms in total. The van der Waals surface area contributed by atoms with Crippen molar-refractivity contribution >= 4 is 23.3 Å². The Hall–Kier alpha value is -3.77. The van der Waals surface area contributed by atoms with E-state index >= 15 is 0 Å². The summed E-state index contributed by atoms with van der Waals surface area (Å²) in [5, 5.41) is 6.81. The maximum atomic E-state index is 12.8. The number of pyridine rings is 1. The zero-order valence-electron chi connectivity index (χ0n) is 18.9. The summed E-state index contributed by atoms with van der Waals surface area (Å²) in [6, 6.07) is 16.4. The van der Waals surface area contributed by atoms with E-state index in [2.05, 4.69) is 22.2 Å². The molecule has 1 heterocycles. The number of benzene rings is 2. The highest BCUT2D eigenvalue weighted by atomic mass is 35.5. The number of hydrogen-bond donors (Lipinski definition) is 2. The average molecular weight is 463 g/mol. The molecule has 1 aromatic heterocycles. The average Bonchev–Trinajstić information content (AvgIpc) is 2.79. The van der Waals surface area contributed by atoms with Gasteiger partial charge in [0.05, 0.1) is 0 Å². The first kappa shape index (κ1) is 23.9. The molecule has 0 unspecified atom stereocenters. The first-order chi connectivity index (χ1) is 15.9. The lowest BCUT2D eigenvalue weighted by Gasteiger charge is -2.18. The number of hydrogen-bond acceptors (Lipinski definition) is 5. The molecule has 0 radical (unpaired) electrons. The van der Waals surface area contributed by atoms with E-state index in [1.165, 1.54) is 0 Å². The van der Waals surface area contributed by atoms with Crippen molar-refractivity contribution in [2.45, 2.75) is 13.5 Å². The molecule has 3 aromatic rings. The van der Waals surface area contributed by atoms with Gasteiger partial charge in [0, 0.05) is 49.1 Å². The summed E-state index contributed by atoms with van der Waals surface area (Å²) in [7, 11) is 3.85. The van der Waals surface area contributed by atoms with Crippen molar-refractivity contribution in [3.05, 3.63) is 107 Å². The Morgan fingerprint density at radius 1 is 1.18 bits per heavy atom. The second-order valence-electron chi connectivity index (χ2n) is 7.53. The minimum atomic E-state index is -0.180. The van der Waals surface area contributed by atoms with Crippen LogP contribution in [0.3, 0.4) is 0 Å². The van der Waals surface area contributed by atoms with Crippen LogP contribution in [0.15, 0.2) is 85.3 Å². The van der Waals surface area contributed by atoms with Crippen LogP contribution in [0.25, 0.3) is 0 Å². The SMILES string of the molecule is C=C/C=C(/Nc1cc(Oc2cccc(C(=O)NCc3cccc(Cl)c3)c2C)ccn1)N(C)C. The number of nitrogens with one attached hydrogen (secondary N) is 2. The van der Waals surface area contributed by atoms with Gasteiger partial charge >= 0.3 is 0 Å². The molecule has 3 rings (SSSR count). The number of carbonyl (C=O) groups is 1. The highest BCUT2D eigenvalue weighted by molar-refractivity contribution is 6.30. The van der Waals surface area contributed by atoms with E-state index in [0.29, 0.717) is 34.4 Å². The number of halogens is 1. The van der Waals surface area contributed by atoms with Crippen LogP contribution in [0.4, 0.5) is 5.82 Å². The summed E-state index contributed by atoms with van der Waals surface area (Å²) in [5.41, 5.74) is 2.22. The fraction of sp³-hybridized carbons (Fsp3) is 0.154. The minimum absolute atomic E-state index is 0.180. The van der Waals surface area contributed by atoms with E-state index in [1.54, 1.807) is 42.6 Å². The van der Waals surface area contributed by atoms with Gasteiger partial charge in [-0.3, -0.25) is 4.79 Å². The van der Waals surface area contributed by atoms with E-state index in [-0.39, 0.29) is 5.91 Å². The molecule has 2 N–H and O–H groups in total. The van der Waals surface area contributed by atoms with Crippen molar-refractivity contribution in [3.8, 4) is 11.5 Å². The third-order valence-electron chi connectivity index (χ3n) is 4.84. The quantitative estimate of drug-likeness (QED) is 0.395. The van der Waals surface area contributed by atoms with Crippen molar-refractivity contribution < 1.29 is 9.53 Å². The smallest absolute Gasteiger partial charge is 0.251 e. The van der Waals surface area contributed by atoms with Gasteiger partial charge in [-0.05, 0) is 48.9 Å². The molecule has 2 aromatic carbocycles. The van der Waals surface area contributed by atoms with Crippen molar-refractivity contribution in [2.75, 3.05) is 19.4 Å². The first-order valence-corrected chi connectivity index (χ1v) is 10.8. The predicted octanol–water partition coefficient (Wildman–Crippen LogP) is 5.77. The van der Waals surface area contributed by atoms with Crippen molar-refractivity contribution in [2.24, 2.45) is 0 Å². The molecule has 1 amide bonds. The molecule has 0 spiro atoms. The van der Waals surface area contributed by atoms with Gasteiger partial charge in [-0.2, -0.15) is 0 Å². The molecule has 0 atom stereocenters. The second kappa shape index (κ2) is 11.2. The van der Waals surface area contributed by atoms with Gasteiger partial charge in [0.1, 0.15) is 23.1 Å². The Morgan fingerprint density at radius 2 is 1.97 bits per heavy atom. The topological polar surface area (TPSA) is 66.5 Å². The number of aromatic nitrogens is 1. The number of nitrogens with zero attached hydrogens (tertiary/aromatic N) is 2. The van der Waals surface area contributed by atoms with E-state index in [9.17, 15) is 4.79 Å². The third-order valence-corrected chi connectivity index (χ3v) is 5.08. The monoisotopic (exact) mass is 462 g/mol. The van der Waals surface area contributed by atoms with Crippen LogP contribution in [-0.4, -0.2) is 29.9 Å². The van der Waals surface area contributed by atoms with Crippen LogP contribution >= 0.6 is 11.6 Å². The Kier molecular flexibility index (Phi) is 8.11. The third kappa shape index (κ3) is 6.60. The normalized spacial score (nSPS) is 11.0. The van der Waals surface area contributed by atoms with Gasteiger partial charge in [-0.15, -0.1) is 0 Å². The van der Waals surface area contributed by atoms with Gasteiger partial charge in [0.25, 0.3) is 5.91 Å². The zero-order chi connectivity index (χ0) is 23.8. The van der Waals surface area contributed by atoms with Gasteiger partial charge in [-0.25, -0.2) is 4.98 Å². The minimum Gasteiger partial charge on any atom is -0.457 e. The maximum absolute atomic E-state index is 12.8. The van der Waals surface area contributed by atoms with Gasteiger partial charge in [0.2, 0.25) is 0 Å². The highest BCUT2D eigenvalue weighted by Gasteiger charge is 2.13. The number of anilines is 1. The maximum Gasteiger partial charge on any atom is 0.251 e. The largest absolute Gasteiger partial charge is 0.457 e. The molecule has 33 heavy (non-hydrogen) atoms. The Balaban J connectivity index is 1.73. The van der Waals surface area contributed by atoms with E-state index in [4.69, 9.17) is 16.3 Å². The summed E-state index contributed by atoms with van der Waals surface area (Å²) in [5.74, 6) is 2.48. The second-order valence-corrected chi connectivity index (χ2v) is 7.96. The number of ether oxygens (including phenoxy) is 1. The molecule has 0 fully saturated rings. The molecule has 0 aliphatic rings. The van der Waals surface area contributed by atoms with Gasteiger partial charge in [0.15, 0.2) is 0 Å². The van der Waals surface area contributed by atoms with E-state index < -0.39 is 0 Å².